The number of nitrogens with one attached hydrogen (secondary N) is 1. The van der Waals surface area contributed by atoms with Gasteiger partial charge in [-0.15, -0.1) is 0 Å². The highest BCUT2D eigenvalue weighted by Crippen LogP contribution is 2.38. The molecule has 12 heavy (non-hydrogen) atoms. The van der Waals surface area contributed by atoms with E-state index in [2.05, 4.69) is 5.32 Å². The highest BCUT2D eigenvalue weighted by molar-refractivity contribution is 4.93. The van der Waals surface area contributed by atoms with Crippen LogP contribution in [-0.4, -0.2) is 31.7 Å². The van der Waals surface area contributed by atoms with Gasteiger partial charge < -0.3 is 10.1 Å². The lowest BCUT2D eigenvalue weighted by Crippen LogP contribution is -2.58. The number of hydrogen-bond donors (Lipinski definition) is 1. The highest BCUT2D eigenvalue weighted by atomic mass is 19.3. The summed E-state index contributed by atoms with van der Waals surface area (Å²) in [6, 6.07) is 0. The zero-order valence-electron chi connectivity index (χ0n) is 6.85. The quantitative estimate of drug-likeness (QED) is 0.645. The van der Waals surface area contributed by atoms with Crippen LogP contribution in [0.25, 0.3) is 0 Å². The zero-order valence-corrected chi connectivity index (χ0v) is 6.85. The molecule has 2 atom stereocenters. The van der Waals surface area contributed by atoms with E-state index in [4.69, 9.17) is 4.74 Å². The molecule has 0 radical (unpaired) electrons. The van der Waals surface area contributed by atoms with Crippen LogP contribution in [0.2, 0.25) is 0 Å². The van der Waals surface area contributed by atoms with E-state index in [0.717, 1.165) is 19.4 Å². The summed E-state index contributed by atoms with van der Waals surface area (Å²) in [5.74, 6) is -2.55. The lowest BCUT2D eigenvalue weighted by molar-refractivity contribution is -0.282. The summed E-state index contributed by atoms with van der Waals surface area (Å²) in [7, 11) is 0. The SMILES string of the molecule is FC1(F)COC1C1CCCNC1. The van der Waals surface area contributed by atoms with E-state index in [-0.39, 0.29) is 12.5 Å². The molecule has 2 saturated heterocycles. The van der Waals surface area contributed by atoms with Crippen LogP contribution < -0.4 is 5.32 Å². The summed E-state index contributed by atoms with van der Waals surface area (Å²) in [6.45, 7) is 1.25. The third-order valence-electron chi connectivity index (χ3n) is 2.63. The molecule has 1 N–H and O–H groups in total. The first-order chi connectivity index (χ1) is 5.70. The zero-order chi connectivity index (χ0) is 8.60. The van der Waals surface area contributed by atoms with Gasteiger partial charge in [0, 0.05) is 12.5 Å². The smallest absolute Gasteiger partial charge is 0.296 e. The van der Waals surface area contributed by atoms with E-state index in [1.807, 2.05) is 0 Å². The predicted molar refractivity (Wildman–Crippen MR) is 40.3 cm³/mol. The molecule has 2 nitrogen and oxygen atoms in total. The second kappa shape index (κ2) is 2.92. The first-order valence-electron chi connectivity index (χ1n) is 4.40. The van der Waals surface area contributed by atoms with Crippen LogP contribution >= 0.6 is 0 Å². The summed E-state index contributed by atoms with van der Waals surface area (Å²) in [5.41, 5.74) is 0. The van der Waals surface area contributed by atoms with Crippen molar-refractivity contribution in [3.63, 3.8) is 0 Å². The third-order valence-corrected chi connectivity index (χ3v) is 2.63. The minimum absolute atomic E-state index is 0.0162. The van der Waals surface area contributed by atoms with Crippen molar-refractivity contribution >= 4 is 0 Å². The van der Waals surface area contributed by atoms with Crippen molar-refractivity contribution in [1.82, 2.24) is 5.32 Å². The van der Waals surface area contributed by atoms with Crippen LogP contribution in [0.4, 0.5) is 8.78 Å². The van der Waals surface area contributed by atoms with Crippen molar-refractivity contribution in [3.8, 4) is 0 Å². The lowest BCUT2D eigenvalue weighted by Gasteiger charge is -2.42. The third kappa shape index (κ3) is 1.33. The maximum Gasteiger partial charge on any atom is 0.296 e. The van der Waals surface area contributed by atoms with Gasteiger partial charge in [-0.05, 0) is 19.4 Å². The van der Waals surface area contributed by atoms with E-state index in [1.54, 1.807) is 0 Å². The standard InChI is InChI=1S/C8H13F2NO/c9-8(10)5-12-7(8)6-2-1-3-11-4-6/h6-7,11H,1-5H2. The van der Waals surface area contributed by atoms with E-state index >= 15 is 0 Å². The number of rotatable bonds is 1. The van der Waals surface area contributed by atoms with Crippen LogP contribution in [0.1, 0.15) is 12.8 Å². The molecule has 0 bridgehead atoms. The van der Waals surface area contributed by atoms with Gasteiger partial charge in [0.05, 0.1) is 0 Å². The van der Waals surface area contributed by atoms with Gasteiger partial charge in [-0.3, -0.25) is 0 Å². The van der Waals surface area contributed by atoms with Gasteiger partial charge >= 0.3 is 0 Å². The molecule has 2 aliphatic rings. The molecule has 0 aromatic heterocycles. The van der Waals surface area contributed by atoms with Crippen molar-refractivity contribution < 1.29 is 13.5 Å². The van der Waals surface area contributed by atoms with E-state index in [9.17, 15) is 8.78 Å². The molecule has 0 aliphatic carbocycles. The van der Waals surface area contributed by atoms with Crippen LogP contribution in [0.5, 0.6) is 0 Å². The Morgan fingerprint density at radius 2 is 2.25 bits per heavy atom. The Morgan fingerprint density at radius 3 is 2.67 bits per heavy atom. The fourth-order valence-corrected chi connectivity index (χ4v) is 1.92. The maximum absolute atomic E-state index is 12.8. The Balaban J connectivity index is 1.91. The van der Waals surface area contributed by atoms with Crippen molar-refractivity contribution in [2.24, 2.45) is 5.92 Å². The summed E-state index contributed by atoms with van der Waals surface area (Å²) in [4.78, 5) is 0. The van der Waals surface area contributed by atoms with Gasteiger partial charge in [-0.2, -0.15) is 0 Å². The molecule has 2 aliphatic heterocycles. The molecule has 4 heteroatoms. The lowest BCUT2D eigenvalue weighted by atomic mass is 9.87. The predicted octanol–water partition coefficient (Wildman–Crippen LogP) is 1.02. The van der Waals surface area contributed by atoms with Crippen LogP contribution in [0.3, 0.4) is 0 Å². The molecule has 0 aromatic rings. The molecule has 0 amide bonds. The Morgan fingerprint density at radius 1 is 1.42 bits per heavy atom. The molecule has 0 spiro atoms. The normalized spacial score (nSPS) is 40.5. The monoisotopic (exact) mass is 177 g/mol. The second-order valence-corrected chi connectivity index (χ2v) is 3.60. The number of halogens is 2. The molecular formula is C8H13F2NO. The minimum atomic E-state index is -2.57. The molecule has 2 heterocycles. The van der Waals surface area contributed by atoms with Crippen LogP contribution in [0, 0.1) is 5.92 Å². The maximum atomic E-state index is 12.8. The van der Waals surface area contributed by atoms with Gasteiger partial charge in [-0.25, -0.2) is 8.78 Å². The fraction of sp³-hybridized carbons (Fsp3) is 1.00. The van der Waals surface area contributed by atoms with Gasteiger partial charge in [0.2, 0.25) is 0 Å². The number of alkyl halides is 2. The first-order valence-corrected chi connectivity index (χ1v) is 4.40. The average Bonchev–Trinajstić information content (AvgIpc) is 2.05. The highest BCUT2D eigenvalue weighted by Gasteiger charge is 2.53. The number of piperidine rings is 1. The fourth-order valence-electron chi connectivity index (χ4n) is 1.92. The Kier molecular flexibility index (Phi) is 2.04. The number of ether oxygens (including phenoxy) is 1. The van der Waals surface area contributed by atoms with Crippen LogP contribution in [-0.2, 0) is 4.74 Å². The van der Waals surface area contributed by atoms with Crippen molar-refractivity contribution in [2.45, 2.75) is 24.9 Å². The summed E-state index contributed by atoms with van der Waals surface area (Å²) in [6.07, 6.45) is 1.04. The Labute approximate surface area is 70.3 Å². The molecule has 0 saturated carbocycles. The first kappa shape index (κ1) is 8.38. The molecule has 2 fully saturated rings. The van der Waals surface area contributed by atoms with Crippen molar-refractivity contribution in [2.75, 3.05) is 19.7 Å². The largest absolute Gasteiger partial charge is 0.365 e. The second-order valence-electron chi connectivity index (χ2n) is 3.60. The molecule has 2 unspecified atom stereocenters. The summed E-state index contributed by atoms with van der Waals surface area (Å²) >= 11 is 0. The molecule has 0 aromatic carbocycles. The van der Waals surface area contributed by atoms with Crippen molar-refractivity contribution in [3.05, 3.63) is 0 Å². The van der Waals surface area contributed by atoms with E-state index < -0.39 is 12.0 Å². The topological polar surface area (TPSA) is 21.3 Å². The number of hydrogen-bond acceptors (Lipinski definition) is 2. The molecule has 2 rings (SSSR count). The van der Waals surface area contributed by atoms with Gasteiger partial charge in [0.25, 0.3) is 5.92 Å². The average molecular weight is 177 g/mol. The Hall–Kier alpha value is -0.220. The van der Waals surface area contributed by atoms with Gasteiger partial charge in [0.1, 0.15) is 12.7 Å². The minimum Gasteiger partial charge on any atom is -0.365 e. The van der Waals surface area contributed by atoms with Gasteiger partial charge in [0.15, 0.2) is 0 Å². The van der Waals surface area contributed by atoms with Crippen molar-refractivity contribution in [1.29, 1.82) is 0 Å². The molecular weight excluding hydrogens is 164 g/mol. The van der Waals surface area contributed by atoms with E-state index in [0.29, 0.717) is 6.54 Å². The summed E-state index contributed by atoms with van der Waals surface area (Å²) < 4.78 is 30.6. The van der Waals surface area contributed by atoms with Gasteiger partial charge in [-0.1, -0.05) is 0 Å². The summed E-state index contributed by atoms with van der Waals surface area (Å²) in [5, 5.41) is 3.11. The van der Waals surface area contributed by atoms with Crippen LogP contribution in [0.15, 0.2) is 0 Å². The Bertz CT molecular complexity index is 168. The van der Waals surface area contributed by atoms with E-state index in [1.165, 1.54) is 0 Å². The molecule has 70 valence electrons.